The van der Waals surface area contributed by atoms with Gasteiger partial charge in [-0.1, -0.05) is 30.3 Å². The van der Waals surface area contributed by atoms with Crippen molar-refractivity contribution in [2.45, 2.75) is 6.61 Å². The Labute approximate surface area is 130 Å². The summed E-state index contributed by atoms with van der Waals surface area (Å²) in [5, 5.41) is 22.3. The number of nitrogens with one attached hydrogen (secondary N) is 1. The van der Waals surface area contributed by atoms with Gasteiger partial charge >= 0.3 is 5.63 Å². The van der Waals surface area contributed by atoms with Crippen LogP contribution < -0.4 is 10.9 Å². The smallest absolute Gasteiger partial charge is 0.353 e. The van der Waals surface area contributed by atoms with Crippen LogP contribution in [0, 0.1) is 0 Å². The second-order valence-electron chi connectivity index (χ2n) is 4.88. The molecular weight excluding hydrogens is 298 g/mol. The second kappa shape index (κ2) is 5.94. The van der Waals surface area contributed by atoms with E-state index in [4.69, 9.17) is 4.42 Å². The third-order valence-electron chi connectivity index (χ3n) is 3.45. The highest BCUT2D eigenvalue weighted by molar-refractivity contribution is 6.08. The fourth-order valence-corrected chi connectivity index (χ4v) is 2.30. The number of aliphatic hydroxyl groups excluding tert-OH is 1. The Hall–Kier alpha value is -3.12. The third-order valence-corrected chi connectivity index (χ3v) is 3.45. The first-order valence-corrected chi connectivity index (χ1v) is 6.86. The van der Waals surface area contributed by atoms with E-state index in [9.17, 15) is 19.8 Å². The summed E-state index contributed by atoms with van der Waals surface area (Å²) in [5.74, 6) is -1.24. The van der Waals surface area contributed by atoms with Crippen molar-refractivity contribution in [1.29, 1.82) is 0 Å². The molecule has 1 heterocycles. The van der Waals surface area contributed by atoms with E-state index in [0.717, 1.165) is 0 Å². The van der Waals surface area contributed by atoms with E-state index in [1.54, 1.807) is 42.5 Å². The summed E-state index contributed by atoms with van der Waals surface area (Å²) in [4.78, 5) is 24.4. The van der Waals surface area contributed by atoms with E-state index >= 15 is 0 Å². The number of aliphatic hydroxyl groups is 1. The van der Waals surface area contributed by atoms with Crippen molar-refractivity contribution < 1.29 is 19.4 Å². The molecule has 0 bridgehead atoms. The molecule has 116 valence electrons. The van der Waals surface area contributed by atoms with Gasteiger partial charge in [0.1, 0.15) is 11.3 Å². The van der Waals surface area contributed by atoms with Crippen molar-refractivity contribution in [3.63, 3.8) is 0 Å². The van der Waals surface area contributed by atoms with E-state index in [1.807, 2.05) is 0 Å². The van der Waals surface area contributed by atoms with E-state index < -0.39 is 22.8 Å². The van der Waals surface area contributed by atoms with Crippen molar-refractivity contribution >= 4 is 22.6 Å². The van der Waals surface area contributed by atoms with Gasteiger partial charge < -0.3 is 19.9 Å². The van der Waals surface area contributed by atoms with Crippen LogP contribution in [0.25, 0.3) is 11.0 Å². The van der Waals surface area contributed by atoms with Gasteiger partial charge in [0, 0.05) is 11.3 Å². The average molecular weight is 311 g/mol. The van der Waals surface area contributed by atoms with Gasteiger partial charge in [0.25, 0.3) is 5.91 Å². The normalized spacial score (nSPS) is 10.7. The number of anilines is 1. The van der Waals surface area contributed by atoms with Crippen molar-refractivity contribution in [2.75, 3.05) is 5.32 Å². The number of rotatable bonds is 3. The Kier molecular flexibility index (Phi) is 3.82. The SMILES string of the molecule is O=C(Nc1ccccc1CO)c1c(O)c2ccccc2oc1=O. The molecule has 23 heavy (non-hydrogen) atoms. The number of amides is 1. The molecule has 0 aliphatic rings. The molecule has 1 amide bonds. The number of benzene rings is 2. The predicted octanol–water partition coefficient (Wildman–Crippen LogP) is 2.24. The lowest BCUT2D eigenvalue weighted by Crippen LogP contribution is -2.21. The highest BCUT2D eigenvalue weighted by atomic mass is 16.4. The van der Waals surface area contributed by atoms with Gasteiger partial charge in [-0.25, -0.2) is 4.79 Å². The largest absolute Gasteiger partial charge is 0.506 e. The molecule has 0 saturated carbocycles. The molecule has 2 aromatic carbocycles. The zero-order valence-electron chi connectivity index (χ0n) is 11.9. The molecule has 0 spiro atoms. The lowest BCUT2D eigenvalue weighted by Gasteiger charge is -2.10. The Morgan fingerprint density at radius 1 is 1.09 bits per heavy atom. The third kappa shape index (κ3) is 2.67. The van der Waals surface area contributed by atoms with Crippen molar-refractivity contribution in [2.24, 2.45) is 0 Å². The Balaban J connectivity index is 2.06. The van der Waals surface area contributed by atoms with E-state index in [2.05, 4.69) is 5.32 Å². The summed E-state index contributed by atoms with van der Waals surface area (Å²) in [7, 11) is 0. The van der Waals surface area contributed by atoms with Gasteiger partial charge in [0.15, 0.2) is 5.56 Å². The highest BCUT2D eigenvalue weighted by Gasteiger charge is 2.21. The van der Waals surface area contributed by atoms with Crippen LogP contribution in [-0.2, 0) is 6.61 Å². The highest BCUT2D eigenvalue weighted by Crippen LogP contribution is 2.26. The Morgan fingerprint density at radius 2 is 1.78 bits per heavy atom. The molecule has 6 nitrogen and oxygen atoms in total. The molecule has 1 aromatic heterocycles. The van der Waals surface area contributed by atoms with Crippen LogP contribution in [0.5, 0.6) is 5.75 Å². The molecule has 3 rings (SSSR count). The summed E-state index contributed by atoms with van der Waals surface area (Å²) in [6, 6.07) is 13.0. The first kappa shape index (κ1) is 14.8. The van der Waals surface area contributed by atoms with Crippen molar-refractivity contribution in [3.05, 3.63) is 70.1 Å². The molecule has 0 unspecified atom stereocenters. The molecule has 3 N–H and O–H groups in total. The van der Waals surface area contributed by atoms with Gasteiger partial charge in [-0.2, -0.15) is 0 Å². The summed E-state index contributed by atoms with van der Waals surface area (Å²) < 4.78 is 5.06. The number of fused-ring (bicyclic) bond motifs is 1. The number of para-hydroxylation sites is 2. The fourth-order valence-electron chi connectivity index (χ4n) is 2.30. The average Bonchev–Trinajstić information content (AvgIpc) is 2.55. The molecule has 0 atom stereocenters. The minimum atomic E-state index is -0.930. The lowest BCUT2D eigenvalue weighted by molar-refractivity contribution is 0.102. The van der Waals surface area contributed by atoms with Gasteiger partial charge in [0.05, 0.1) is 12.0 Å². The molecule has 0 aliphatic heterocycles. The number of aromatic hydroxyl groups is 1. The van der Waals surface area contributed by atoms with Crippen LogP contribution in [0.1, 0.15) is 15.9 Å². The van der Waals surface area contributed by atoms with E-state index in [0.29, 0.717) is 11.3 Å². The maximum absolute atomic E-state index is 12.4. The zero-order valence-corrected chi connectivity index (χ0v) is 11.9. The molecule has 0 fully saturated rings. The topological polar surface area (TPSA) is 99.8 Å². The monoisotopic (exact) mass is 311 g/mol. The zero-order chi connectivity index (χ0) is 16.4. The van der Waals surface area contributed by atoms with Gasteiger partial charge in [0.2, 0.25) is 0 Å². The summed E-state index contributed by atoms with van der Waals surface area (Å²) in [6.45, 7) is -0.269. The molecular formula is C17H13NO5. The summed E-state index contributed by atoms with van der Waals surface area (Å²) in [5.41, 5.74) is -0.364. The maximum Gasteiger partial charge on any atom is 0.353 e. The van der Waals surface area contributed by atoms with E-state index in [1.165, 1.54) is 6.07 Å². The first-order chi connectivity index (χ1) is 11.1. The Morgan fingerprint density at radius 3 is 2.57 bits per heavy atom. The number of carbonyl (C=O) groups excluding carboxylic acids is 1. The molecule has 0 saturated heterocycles. The summed E-state index contributed by atoms with van der Waals surface area (Å²) in [6.07, 6.45) is 0. The van der Waals surface area contributed by atoms with Crippen LogP contribution >= 0.6 is 0 Å². The maximum atomic E-state index is 12.4. The fraction of sp³-hybridized carbons (Fsp3) is 0.0588. The number of carbonyl (C=O) groups is 1. The minimum Gasteiger partial charge on any atom is -0.506 e. The second-order valence-corrected chi connectivity index (χ2v) is 4.88. The van der Waals surface area contributed by atoms with E-state index in [-0.39, 0.29) is 17.6 Å². The predicted molar refractivity (Wildman–Crippen MR) is 84.5 cm³/mol. The van der Waals surface area contributed by atoms with Crippen LogP contribution in [-0.4, -0.2) is 16.1 Å². The first-order valence-electron chi connectivity index (χ1n) is 6.86. The molecule has 0 aliphatic carbocycles. The van der Waals surface area contributed by atoms with Gasteiger partial charge in [-0.05, 0) is 18.2 Å². The number of hydrogen-bond donors (Lipinski definition) is 3. The van der Waals surface area contributed by atoms with Crippen LogP contribution in [0.2, 0.25) is 0 Å². The molecule has 0 radical (unpaired) electrons. The van der Waals surface area contributed by atoms with Gasteiger partial charge in [-0.3, -0.25) is 4.79 Å². The van der Waals surface area contributed by atoms with Gasteiger partial charge in [-0.15, -0.1) is 0 Å². The van der Waals surface area contributed by atoms with Crippen LogP contribution in [0.4, 0.5) is 5.69 Å². The number of hydrogen-bond acceptors (Lipinski definition) is 5. The molecule has 6 heteroatoms. The van der Waals surface area contributed by atoms with Crippen LogP contribution in [0.3, 0.4) is 0 Å². The van der Waals surface area contributed by atoms with Crippen molar-refractivity contribution in [3.8, 4) is 5.75 Å². The lowest BCUT2D eigenvalue weighted by atomic mass is 10.1. The standard InChI is InChI=1S/C17H13NO5/c19-9-10-5-1-3-7-12(10)18-16(21)14-15(20)11-6-2-4-8-13(11)23-17(14)22/h1-8,19-20H,9H2,(H,18,21). The molecule has 3 aromatic rings. The quantitative estimate of drug-likeness (QED) is 0.644. The van der Waals surface area contributed by atoms with Crippen LogP contribution in [0.15, 0.2) is 57.7 Å². The minimum absolute atomic E-state index is 0.197. The summed E-state index contributed by atoms with van der Waals surface area (Å²) >= 11 is 0. The van der Waals surface area contributed by atoms with Crippen molar-refractivity contribution in [1.82, 2.24) is 0 Å². The Bertz CT molecular complexity index is 945.